The Hall–Kier alpha value is -1.08. The number of nitrogens with one attached hydrogen (secondary N) is 1. The highest BCUT2D eigenvalue weighted by atomic mass is 14.9. The highest BCUT2D eigenvalue weighted by molar-refractivity contribution is 5.36. The van der Waals surface area contributed by atoms with Crippen molar-refractivity contribution in [2.24, 2.45) is 0 Å². The molecular weight excluding hydrogens is 182 g/mol. The molecule has 0 fully saturated rings. The van der Waals surface area contributed by atoms with Gasteiger partial charge in [0, 0.05) is 12.0 Å². The zero-order chi connectivity index (χ0) is 10.7. The van der Waals surface area contributed by atoms with Crippen LogP contribution in [0.1, 0.15) is 29.9 Å². The fraction of sp³-hybridized carbons (Fsp3) is 0.429. The molecule has 0 bridgehead atoms. The Labute approximate surface area is 92.2 Å². The minimum absolute atomic E-state index is 0.547. The van der Waals surface area contributed by atoms with Gasteiger partial charge in [0.15, 0.2) is 0 Å². The van der Waals surface area contributed by atoms with Crippen LogP contribution in [0.2, 0.25) is 0 Å². The maximum Gasteiger partial charge on any atom is 0.0167 e. The van der Waals surface area contributed by atoms with E-state index in [9.17, 15) is 0 Å². The Bertz CT molecular complexity index is 343. The molecular formula is C14H19N. The molecule has 1 aliphatic rings. The molecule has 1 aromatic carbocycles. The van der Waals surface area contributed by atoms with Crippen LogP contribution in [0.4, 0.5) is 0 Å². The van der Waals surface area contributed by atoms with E-state index in [4.69, 9.17) is 0 Å². The van der Waals surface area contributed by atoms with E-state index in [0.717, 1.165) is 6.42 Å². The van der Waals surface area contributed by atoms with Crippen molar-refractivity contribution in [1.82, 2.24) is 5.32 Å². The zero-order valence-corrected chi connectivity index (χ0v) is 9.37. The van der Waals surface area contributed by atoms with Crippen molar-refractivity contribution < 1.29 is 0 Å². The molecule has 0 spiro atoms. The highest BCUT2D eigenvalue weighted by Crippen LogP contribution is 2.36. The minimum Gasteiger partial charge on any atom is -0.316 e. The summed E-state index contributed by atoms with van der Waals surface area (Å²) in [6.07, 6.45) is 5.58. The molecule has 1 N–H and O–H groups in total. The summed E-state index contributed by atoms with van der Waals surface area (Å²) in [5.74, 6) is 0.671. The Kier molecular flexibility index (Phi) is 3.22. The maximum atomic E-state index is 3.84. The molecule has 0 saturated carbocycles. The van der Waals surface area contributed by atoms with E-state index in [1.54, 1.807) is 5.56 Å². The topological polar surface area (TPSA) is 12.0 Å². The van der Waals surface area contributed by atoms with Crippen molar-refractivity contribution in [3.8, 4) is 0 Å². The first kappa shape index (κ1) is 10.4. The molecule has 1 nitrogen and oxygen atoms in total. The summed E-state index contributed by atoms with van der Waals surface area (Å²) in [7, 11) is 2.05. The van der Waals surface area contributed by atoms with Gasteiger partial charge in [0.05, 0.1) is 0 Å². The van der Waals surface area contributed by atoms with Crippen LogP contribution in [-0.4, -0.2) is 13.1 Å². The normalized spacial score (nSPS) is 21.0. The lowest BCUT2D eigenvalue weighted by Crippen LogP contribution is -2.30. The van der Waals surface area contributed by atoms with Gasteiger partial charge in [-0.3, -0.25) is 0 Å². The molecule has 0 aliphatic heterocycles. The van der Waals surface area contributed by atoms with Gasteiger partial charge in [-0.25, -0.2) is 0 Å². The summed E-state index contributed by atoms with van der Waals surface area (Å²) < 4.78 is 0. The van der Waals surface area contributed by atoms with Gasteiger partial charge in [0.25, 0.3) is 0 Å². The summed E-state index contributed by atoms with van der Waals surface area (Å²) >= 11 is 0. The number of fused-ring (bicyclic) bond motifs is 1. The van der Waals surface area contributed by atoms with Gasteiger partial charge in [-0.15, -0.1) is 6.58 Å². The number of hydrogen-bond acceptors (Lipinski definition) is 1. The lowest BCUT2D eigenvalue weighted by molar-refractivity contribution is 0.463. The van der Waals surface area contributed by atoms with Crippen LogP contribution in [-0.2, 0) is 6.42 Å². The first-order valence-corrected chi connectivity index (χ1v) is 5.72. The largest absolute Gasteiger partial charge is 0.316 e. The number of hydrogen-bond donors (Lipinski definition) is 1. The summed E-state index contributed by atoms with van der Waals surface area (Å²) in [6, 6.07) is 9.38. The molecule has 2 rings (SSSR count). The lowest BCUT2D eigenvalue weighted by Gasteiger charge is -2.22. The van der Waals surface area contributed by atoms with E-state index in [1.165, 1.54) is 18.4 Å². The van der Waals surface area contributed by atoms with Crippen LogP contribution in [0.15, 0.2) is 36.9 Å². The van der Waals surface area contributed by atoms with Crippen LogP contribution in [0, 0.1) is 0 Å². The predicted octanol–water partition coefficient (Wildman–Crippen LogP) is 2.88. The number of rotatable bonds is 4. The molecule has 2 atom stereocenters. The third-order valence-corrected chi connectivity index (χ3v) is 3.46. The molecule has 0 heterocycles. The Morgan fingerprint density at radius 3 is 3.07 bits per heavy atom. The summed E-state index contributed by atoms with van der Waals surface area (Å²) in [5, 5.41) is 3.41. The SMILES string of the molecule is C=CCC(NC)C1CCc2ccccc21. The van der Waals surface area contributed by atoms with Gasteiger partial charge in [0.2, 0.25) is 0 Å². The zero-order valence-electron chi connectivity index (χ0n) is 9.37. The van der Waals surface area contributed by atoms with E-state index in [1.807, 2.05) is 6.08 Å². The van der Waals surface area contributed by atoms with Crippen LogP contribution in [0.3, 0.4) is 0 Å². The van der Waals surface area contributed by atoms with Crippen molar-refractivity contribution >= 4 is 0 Å². The fourth-order valence-electron chi connectivity index (χ4n) is 2.67. The Morgan fingerprint density at radius 1 is 1.53 bits per heavy atom. The van der Waals surface area contributed by atoms with E-state index < -0.39 is 0 Å². The standard InChI is InChI=1S/C14H19N/c1-3-6-14(15-2)13-10-9-11-7-4-5-8-12(11)13/h3-5,7-8,13-15H,1,6,9-10H2,2H3. The van der Waals surface area contributed by atoms with Crippen molar-refractivity contribution in [2.75, 3.05) is 7.05 Å². The molecule has 0 aromatic heterocycles. The summed E-state index contributed by atoms with van der Waals surface area (Å²) in [5.41, 5.74) is 3.07. The number of benzene rings is 1. The van der Waals surface area contributed by atoms with Gasteiger partial charge in [-0.2, -0.15) is 0 Å². The number of likely N-dealkylation sites (N-methyl/N-ethyl adjacent to an activating group) is 1. The molecule has 1 heteroatoms. The van der Waals surface area contributed by atoms with Crippen LogP contribution in [0.5, 0.6) is 0 Å². The van der Waals surface area contributed by atoms with Crippen LogP contribution < -0.4 is 5.32 Å². The van der Waals surface area contributed by atoms with Crippen molar-refractivity contribution in [3.63, 3.8) is 0 Å². The van der Waals surface area contributed by atoms with Crippen LogP contribution >= 0.6 is 0 Å². The van der Waals surface area contributed by atoms with E-state index >= 15 is 0 Å². The van der Waals surface area contributed by atoms with Gasteiger partial charge < -0.3 is 5.32 Å². The quantitative estimate of drug-likeness (QED) is 0.739. The average Bonchev–Trinajstić information content (AvgIpc) is 2.70. The third-order valence-electron chi connectivity index (χ3n) is 3.46. The first-order chi connectivity index (χ1) is 7.36. The lowest BCUT2D eigenvalue weighted by atomic mass is 9.91. The monoisotopic (exact) mass is 201 g/mol. The molecule has 80 valence electrons. The second kappa shape index (κ2) is 4.63. The fourth-order valence-corrected chi connectivity index (χ4v) is 2.67. The molecule has 0 saturated heterocycles. The predicted molar refractivity (Wildman–Crippen MR) is 65.2 cm³/mol. The second-order valence-electron chi connectivity index (χ2n) is 4.26. The number of aryl methyl sites for hydroxylation is 1. The highest BCUT2D eigenvalue weighted by Gasteiger charge is 2.27. The van der Waals surface area contributed by atoms with Gasteiger partial charge >= 0.3 is 0 Å². The van der Waals surface area contributed by atoms with Crippen molar-refractivity contribution in [1.29, 1.82) is 0 Å². The Morgan fingerprint density at radius 2 is 2.33 bits per heavy atom. The summed E-state index contributed by atoms with van der Waals surface area (Å²) in [4.78, 5) is 0. The van der Waals surface area contributed by atoms with Gasteiger partial charge in [-0.1, -0.05) is 30.3 Å². The van der Waals surface area contributed by atoms with Crippen molar-refractivity contribution in [3.05, 3.63) is 48.0 Å². The molecule has 15 heavy (non-hydrogen) atoms. The van der Waals surface area contributed by atoms with Gasteiger partial charge in [-0.05, 0) is 37.4 Å². The third kappa shape index (κ3) is 1.98. The minimum atomic E-state index is 0.547. The first-order valence-electron chi connectivity index (χ1n) is 5.72. The molecule has 0 amide bonds. The molecule has 1 aliphatic carbocycles. The average molecular weight is 201 g/mol. The van der Waals surface area contributed by atoms with E-state index in [0.29, 0.717) is 12.0 Å². The van der Waals surface area contributed by atoms with E-state index in [-0.39, 0.29) is 0 Å². The Balaban J connectivity index is 2.21. The summed E-state index contributed by atoms with van der Waals surface area (Å²) in [6.45, 7) is 3.84. The van der Waals surface area contributed by atoms with Gasteiger partial charge in [0.1, 0.15) is 0 Å². The molecule has 1 aromatic rings. The molecule has 0 radical (unpaired) electrons. The molecule has 2 unspecified atom stereocenters. The smallest absolute Gasteiger partial charge is 0.0167 e. The second-order valence-corrected chi connectivity index (χ2v) is 4.26. The maximum absolute atomic E-state index is 3.84. The van der Waals surface area contributed by atoms with Crippen molar-refractivity contribution in [2.45, 2.75) is 31.2 Å². The van der Waals surface area contributed by atoms with E-state index in [2.05, 4.69) is 43.2 Å². The van der Waals surface area contributed by atoms with Crippen LogP contribution in [0.25, 0.3) is 0 Å².